The van der Waals surface area contributed by atoms with E-state index in [0.717, 1.165) is 5.56 Å². The Morgan fingerprint density at radius 3 is 2.31 bits per heavy atom. The third kappa shape index (κ3) is 5.96. The highest BCUT2D eigenvalue weighted by Crippen LogP contribution is 2.26. The summed E-state index contributed by atoms with van der Waals surface area (Å²) in [5, 5.41) is 0. The fourth-order valence-electron chi connectivity index (χ4n) is 3.40. The Bertz CT molecular complexity index is 1600. The van der Waals surface area contributed by atoms with Crippen molar-refractivity contribution in [2.24, 2.45) is 0 Å². The lowest BCUT2D eigenvalue weighted by Gasteiger charge is -2.21. The molecule has 188 valence electrons. The number of benzene rings is 2. The van der Waals surface area contributed by atoms with E-state index in [2.05, 4.69) is 19.7 Å². The maximum Gasteiger partial charge on any atom is 0.261 e. The molecular formula is C24H26N6O4S2. The summed E-state index contributed by atoms with van der Waals surface area (Å²) in [7, 11) is -3.65. The van der Waals surface area contributed by atoms with E-state index in [0.29, 0.717) is 41.2 Å². The fraction of sp³-hybridized carbons (Fsp3) is 0.208. The monoisotopic (exact) mass is 526 g/mol. The van der Waals surface area contributed by atoms with Crippen molar-refractivity contribution in [1.29, 1.82) is 0 Å². The third-order valence-corrected chi connectivity index (χ3v) is 8.33. The molecule has 2 heterocycles. The van der Waals surface area contributed by atoms with Gasteiger partial charge in [-0.2, -0.15) is 0 Å². The molecule has 4 aromatic rings. The zero-order chi connectivity index (χ0) is 25.9. The summed E-state index contributed by atoms with van der Waals surface area (Å²) < 4.78 is 52.5. The quantitative estimate of drug-likeness (QED) is 0.353. The normalized spacial score (nSPS) is 12.1. The van der Waals surface area contributed by atoms with Crippen LogP contribution >= 0.6 is 0 Å². The van der Waals surface area contributed by atoms with Crippen LogP contribution in [-0.2, 0) is 20.0 Å². The number of likely N-dealkylation sites (N-methyl/N-ethyl adjacent to an activating group) is 2. The highest BCUT2D eigenvalue weighted by molar-refractivity contribution is 7.92. The molecule has 0 aliphatic heterocycles. The maximum absolute atomic E-state index is 12.7. The minimum absolute atomic E-state index is 0.163. The van der Waals surface area contributed by atoms with Crippen LogP contribution in [0.25, 0.3) is 22.2 Å². The molecule has 4 rings (SSSR count). The van der Waals surface area contributed by atoms with Crippen LogP contribution in [0.3, 0.4) is 0 Å². The lowest BCUT2D eigenvalue weighted by atomic mass is 10.1. The number of rotatable bonds is 9. The minimum Gasteiger partial charge on any atom is -0.357 e. The van der Waals surface area contributed by atoms with Gasteiger partial charge in [0, 0.05) is 38.9 Å². The Kier molecular flexibility index (Phi) is 7.20. The van der Waals surface area contributed by atoms with E-state index in [1.54, 1.807) is 36.7 Å². The van der Waals surface area contributed by atoms with Gasteiger partial charge in [-0.3, -0.25) is 14.7 Å². The molecule has 0 atom stereocenters. The summed E-state index contributed by atoms with van der Waals surface area (Å²) >= 11 is 0. The number of fused-ring (bicyclic) bond motifs is 1. The molecule has 2 aromatic carbocycles. The first-order valence-electron chi connectivity index (χ1n) is 11.0. The summed E-state index contributed by atoms with van der Waals surface area (Å²) in [6, 6.07) is 15.4. The number of anilines is 2. The predicted molar refractivity (Wildman–Crippen MR) is 141 cm³/mol. The third-order valence-electron chi connectivity index (χ3n) is 5.61. The average molecular weight is 527 g/mol. The van der Waals surface area contributed by atoms with E-state index in [9.17, 15) is 16.8 Å². The van der Waals surface area contributed by atoms with Crippen molar-refractivity contribution in [3.63, 3.8) is 0 Å². The second-order valence-electron chi connectivity index (χ2n) is 8.32. The van der Waals surface area contributed by atoms with Crippen molar-refractivity contribution >= 4 is 42.6 Å². The topological polar surface area (TPSA) is 125 Å². The van der Waals surface area contributed by atoms with Crippen molar-refractivity contribution in [1.82, 2.24) is 19.3 Å². The molecular weight excluding hydrogens is 500 g/mol. The highest BCUT2D eigenvalue weighted by Gasteiger charge is 2.15. The van der Waals surface area contributed by atoms with Crippen LogP contribution in [0, 0.1) is 0 Å². The largest absolute Gasteiger partial charge is 0.357 e. The smallest absolute Gasteiger partial charge is 0.261 e. The van der Waals surface area contributed by atoms with E-state index in [1.165, 1.54) is 35.9 Å². The number of hydrogen-bond donors (Lipinski definition) is 1. The molecule has 2 aromatic heterocycles. The zero-order valence-corrected chi connectivity index (χ0v) is 21.7. The van der Waals surface area contributed by atoms with E-state index in [-0.39, 0.29) is 4.90 Å². The van der Waals surface area contributed by atoms with Gasteiger partial charge in [0.15, 0.2) is 0 Å². The molecule has 0 spiro atoms. The number of nitrogens with zero attached hydrogens (tertiary/aromatic N) is 5. The molecule has 0 radical (unpaired) electrons. The zero-order valence-electron chi connectivity index (χ0n) is 20.0. The number of aromatic nitrogens is 3. The lowest BCUT2D eigenvalue weighted by molar-refractivity contribution is 0.479. The van der Waals surface area contributed by atoms with E-state index in [4.69, 9.17) is 0 Å². The van der Waals surface area contributed by atoms with Crippen LogP contribution in [0.15, 0.2) is 78.1 Å². The van der Waals surface area contributed by atoms with Crippen LogP contribution in [0.4, 0.5) is 11.5 Å². The molecule has 0 saturated heterocycles. The number of pyridine rings is 1. The van der Waals surface area contributed by atoms with Crippen molar-refractivity contribution in [2.75, 3.05) is 43.1 Å². The van der Waals surface area contributed by atoms with Gasteiger partial charge in [-0.25, -0.2) is 26.1 Å². The Labute approximate surface area is 210 Å². The average Bonchev–Trinajstić information content (AvgIpc) is 2.86. The summed E-state index contributed by atoms with van der Waals surface area (Å²) in [5.41, 5.74) is 3.18. The lowest BCUT2D eigenvalue weighted by Crippen LogP contribution is -2.34. The van der Waals surface area contributed by atoms with Crippen LogP contribution in [0.2, 0.25) is 0 Å². The predicted octanol–water partition coefficient (Wildman–Crippen LogP) is 2.82. The van der Waals surface area contributed by atoms with Crippen molar-refractivity contribution < 1.29 is 16.8 Å². The van der Waals surface area contributed by atoms with E-state index in [1.807, 2.05) is 30.1 Å². The first kappa shape index (κ1) is 25.5. The summed E-state index contributed by atoms with van der Waals surface area (Å²) in [5.74, 6) is 0.601. The summed E-state index contributed by atoms with van der Waals surface area (Å²) in [6.07, 6.45) is 5.90. The van der Waals surface area contributed by atoms with Crippen LogP contribution < -0.4 is 9.62 Å². The second kappa shape index (κ2) is 10.2. The number of nitrogens with one attached hydrogen (secondary N) is 1. The molecule has 36 heavy (non-hydrogen) atoms. The molecule has 0 amide bonds. The van der Waals surface area contributed by atoms with Gasteiger partial charge in [-0.05, 0) is 35.9 Å². The van der Waals surface area contributed by atoms with Crippen molar-refractivity contribution in [3.05, 3.63) is 73.2 Å². The van der Waals surface area contributed by atoms with Gasteiger partial charge in [0.1, 0.15) is 5.82 Å². The Balaban J connectivity index is 1.57. The Morgan fingerprint density at radius 2 is 1.58 bits per heavy atom. The molecule has 0 fully saturated rings. The minimum atomic E-state index is -3.74. The number of hydrogen-bond acceptors (Lipinski definition) is 8. The first-order valence-corrected chi connectivity index (χ1v) is 14.3. The van der Waals surface area contributed by atoms with Gasteiger partial charge in [0.05, 0.1) is 40.3 Å². The number of sulfonamides is 2. The molecule has 0 saturated carbocycles. The highest BCUT2D eigenvalue weighted by atomic mass is 32.2. The molecule has 0 aliphatic rings. The maximum atomic E-state index is 12.7. The molecule has 1 N–H and O–H groups in total. The van der Waals surface area contributed by atoms with Gasteiger partial charge in [-0.15, -0.1) is 0 Å². The van der Waals surface area contributed by atoms with Crippen LogP contribution in [0.5, 0.6) is 0 Å². The summed E-state index contributed by atoms with van der Waals surface area (Å²) in [4.78, 5) is 15.4. The van der Waals surface area contributed by atoms with Gasteiger partial charge in [-0.1, -0.05) is 24.3 Å². The van der Waals surface area contributed by atoms with Gasteiger partial charge < -0.3 is 4.90 Å². The molecule has 12 heteroatoms. The van der Waals surface area contributed by atoms with Crippen LogP contribution in [-0.4, -0.2) is 69.5 Å². The Hall–Kier alpha value is -3.61. The first-order chi connectivity index (χ1) is 17.0. The van der Waals surface area contributed by atoms with Crippen molar-refractivity contribution in [2.45, 2.75) is 4.90 Å². The molecule has 0 bridgehead atoms. The molecule has 0 aliphatic carbocycles. The van der Waals surface area contributed by atoms with Gasteiger partial charge in [0.2, 0.25) is 10.0 Å². The fourth-order valence-corrected chi connectivity index (χ4v) is 4.87. The standard InChI is InChI=1S/C24H26N6O4S2/c1-29(11-12-30(2)35(3,31)32)24-17-26-22-10-9-18(14-23(22)27-24)19-13-20(16-25-15-19)28-36(33,34)21-7-5-4-6-8-21/h4-10,13-17,28H,11-12H2,1-3H3. The molecule has 0 unspecified atom stereocenters. The summed E-state index contributed by atoms with van der Waals surface area (Å²) in [6.45, 7) is 0.753. The Morgan fingerprint density at radius 1 is 0.833 bits per heavy atom. The van der Waals surface area contributed by atoms with Crippen LogP contribution in [0.1, 0.15) is 0 Å². The molecule has 10 nitrogen and oxygen atoms in total. The van der Waals surface area contributed by atoms with Gasteiger partial charge >= 0.3 is 0 Å². The second-order valence-corrected chi connectivity index (χ2v) is 12.1. The van der Waals surface area contributed by atoms with E-state index >= 15 is 0 Å². The van der Waals surface area contributed by atoms with Crippen molar-refractivity contribution in [3.8, 4) is 11.1 Å². The SMILES string of the molecule is CN(CCN(C)S(C)(=O)=O)c1cnc2ccc(-c3cncc(NS(=O)(=O)c4ccccc4)c3)cc2n1. The van der Waals surface area contributed by atoms with Gasteiger partial charge in [0.25, 0.3) is 10.0 Å². The van der Waals surface area contributed by atoms with E-state index < -0.39 is 20.0 Å².